The lowest BCUT2D eigenvalue weighted by Gasteiger charge is -2.35. The predicted octanol–water partition coefficient (Wildman–Crippen LogP) is 3.64. The summed E-state index contributed by atoms with van der Waals surface area (Å²) in [7, 11) is 3.19. The number of likely N-dealkylation sites (tertiary alicyclic amines) is 1. The summed E-state index contributed by atoms with van der Waals surface area (Å²) in [6, 6.07) is 5.75. The van der Waals surface area contributed by atoms with Crippen molar-refractivity contribution >= 4 is 17.5 Å². The van der Waals surface area contributed by atoms with Crippen molar-refractivity contribution in [2.45, 2.75) is 38.6 Å². The fourth-order valence-electron chi connectivity index (χ4n) is 3.38. The van der Waals surface area contributed by atoms with E-state index in [9.17, 15) is 4.79 Å². The molecule has 1 atom stereocenters. The Morgan fingerprint density at radius 1 is 1.22 bits per heavy atom. The first kappa shape index (κ1) is 18.9. The van der Waals surface area contributed by atoms with Gasteiger partial charge in [-0.1, -0.05) is 6.92 Å². The van der Waals surface area contributed by atoms with Gasteiger partial charge in [-0.05, 0) is 37.8 Å². The highest BCUT2D eigenvalue weighted by Gasteiger charge is 2.26. The van der Waals surface area contributed by atoms with Crippen molar-refractivity contribution in [1.82, 2.24) is 14.9 Å². The predicted molar refractivity (Wildman–Crippen MR) is 104 cm³/mol. The summed E-state index contributed by atoms with van der Waals surface area (Å²) in [6.07, 6.45) is 7.44. The maximum Gasteiger partial charge on any atom is 0.257 e. The fraction of sp³-hybridized carbons (Fsp3) is 0.450. The van der Waals surface area contributed by atoms with Crippen molar-refractivity contribution in [3.63, 3.8) is 0 Å². The number of methoxy groups -OCH3 is 2. The van der Waals surface area contributed by atoms with Gasteiger partial charge in [0, 0.05) is 31.0 Å². The average molecular weight is 370 g/mol. The molecule has 1 aliphatic rings. The van der Waals surface area contributed by atoms with Crippen molar-refractivity contribution in [3.05, 3.63) is 36.2 Å². The third-order valence-electron chi connectivity index (χ3n) is 4.91. The van der Waals surface area contributed by atoms with Gasteiger partial charge in [-0.25, -0.2) is 9.97 Å². The van der Waals surface area contributed by atoms with Crippen LogP contribution in [0.4, 0.5) is 11.6 Å². The first-order valence-corrected chi connectivity index (χ1v) is 9.28. The van der Waals surface area contributed by atoms with Crippen molar-refractivity contribution in [3.8, 4) is 11.5 Å². The molecule has 0 bridgehead atoms. The molecule has 1 N–H and O–H groups in total. The van der Waals surface area contributed by atoms with Crippen LogP contribution >= 0.6 is 0 Å². The largest absolute Gasteiger partial charge is 0.497 e. The Morgan fingerprint density at radius 2 is 2.00 bits per heavy atom. The van der Waals surface area contributed by atoms with Crippen LogP contribution in [0.5, 0.6) is 11.5 Å². The van der Waals surface area contributed by atoms with Gasteiger partial charge in [0.25, 0.3) is 5.91 Å². The molecule has 1 aliphatic heterocycles. The second-order valence-electron chi connectivity index (χ2n) is 6.54. The van der Waals surface area contributed by atoms with Crippen LogP contribution in [0.15, 0.2) is 30.6 Å². The van der Waals surface area contributed by atoms with Crippen LogP contribution in [0.3, 0.4) is 0 Å². The van der Waals surface area contributed by atoms with Gasteiger partial charge >= 0.3 is 0 Å². The van der Waals surface area contributed by atoms with Crippen molar-refractivity contribution in [1.29, 1.82) is 0 Å². The van der Waals surface area contributed by atoms with E-state index in [1.807, 2.05) is 17.0 Å². The number of rotatable bonds is 6. The van der Waals surface area contributed by atoms with E-state index in [1.54, 1.807) is 32.7 Å². The Labute approximate surface area is 159 Å². The summed E-state index contributed by atoms with van der Waals surface area (Å²) in [5, 5.41) is 3.11. The Kier molecular flexibility index (Phi) is 6.11. The lowest BCUT2D eigenvalue weighted by molar-refractivity contribution is 0.0607. The Morgan fingerprint density at radius 3 is 2.67 bits per heavy atom. The molecule has 1 aromatic carbocycles. The quantitative estimate of drug-likeness (QED) is 0.836. The topological polar surface area (TPSA) is 76.6 Å². The molecule has 0 aliphatic carbocycles. The molecule has 0 radical (unpaired) electrons. The molecule has 7 nitrogen and oxygen atoms in total. The standard InChI is InChI=1S/C20H26N4O3/c1-4-15-7-5-6-10-24(15)19(25)14-12-21-20(22-13-14)23-17-9-8-16(26-2)11-18(17)27-3/h8-9,11-13,15H,4-7,10H2,1-3H3,(H,21,22,23). The molecule has 1 amide bonds. The molecule has 1 unspecified atom stereocenters. The minimum absolute atomic E-state index is 0.00938. The average Bonchev–Trinajstić information content (AvgIpc) is 2.74. The smallest absolute Gasteiger partial charge is 0.257 e. The molecule has 1 saturated heterocycles. The summed E-state index contributed by atoms with van der Waals surface area (Å²) in [5.74, 6) is 1.74. The third-order valence-corrected chi connectivity index (χ3v) is 4.91. The monoisotopic (exact) mass is 370 g/mol. The van der Waals surface area contributed by atoms with Crippen LogP contribution in [0.25, 0.3) is 0 Å². The molecule has 2 heterocycles. The number of anilines is 2. The molecule has 0 saturated carbocycles. The molecule has 7 heteroatoms. The van der Waals surface area contributed by atoms with E-state index in [0.717, 1.165) is 31.5 Å². The molecular formula is C20H26N4O3. The minimum Gasteiger partial charge on any atom is -0.497 e. The first-order chi connectivity index (χ1) is 13.2. The molecule has 1 aromatic heterocycles. The number of aromatic nitrogens is 2. The SMILES string of the molecule is CCC1CCCCN1C(=O)c1cnc(Nc2ccc(OC)cc2OC)nc1. The highest BCUT2D eigenvalue weighted by atomic mass is 16.5. The van der Waals surface area contributed by atoms with Gasteiger partial charge in [-0.2, -0.15) is 0 Å². The summed E-state index contributed by atoms with van der Waals surface area (Å²) >= 11 is 0. The van der Waals surface area contributed by atoms with E-state index in [-0.39, 0.29) is 5.91 Å². The highest BCUT2D eigenvalue weighted by molar-refractivity contribution is 5.94. The van der Waals surface area contributed by atoms with Gasteiger partial charge in [-0.3, -0.25) is 4.79 Å². The van der Waals surface area contributed by atoms with Crippen LogP contribution < -0.4 is 14.8 Å². The molecule has 27 heavy (non-hydrogen) atoms. The van der Waals surface area contributed by atoms with Crippen LogP contribution in [-0.2, 0) is 0 Å². The number of amides is 1. The van der Waals surface area contributed by atoms with E-state index in [0.29, 0.717) is 29.1 Å². The number of carbonyl (C=O) groups excluding carboxylic acids is 1. The zero-order valence-corrected chi connectivity index (χ0v) is 16.1. The molecular weight excluding hydrogens is 344 g/mol. The number of nitrogens with zero attached hydrogens (tertiary/aromatic N) is 3. The van der Waals surface area contributed by atoms with Gasteiger partial charge in [0.15, 0.2) is 0 Å². The molecule has 2 aromatic rings. The second-order valence-corrected chi connectivity index (χ2v) is 6.54. The maximum absolute atomic E-state index is 12.8. The normalized spacial score (nSPS) is 16.7. The summed E-state index contributed by atoms with van der Waals surface area (Å²) in [4.78, 5) is 23.4. The van der Waals surface area contributed by atoms with E-state index >= 15 is 0 Å². The Bertz CT molecular complexity index is 779. The van der Waals surface area contributed by atoms with Crippen molar-refractivity contribution in [2.24, 2.45) is 0 Å². The minimum atomic E-state index is 0.00938. The van der Waals surface area contributed by atoms with Crippen LogP contribution in [0, 0.1) is 0 Å². The summed E-state index contributed by atoms with van der Waals surface area (Å²) in [5.41, 5.74) is 1.24. The number of hydrogen-bond acceptors (Lipinski definition) is 6. The van der Waals surface area contributed by atoms with Gasteiger partial charge in [-0.15, -0.1) is 0 Å². The third kappa shape index (κ3) is 4.30. The lowest BCUT2D eigenvalue weighted by atomic mass is 9.99. The summed E-state index contributed by atoms with van der Waals surface area (Å²) in [6.45, 7) is 2.93. The van der Waals surface area contributed by atoms with E-state index in [4.69, 9.17) is 9.47 Å². The van der Waals surface area contributed by atoms with Crippen LogP contribution in [0.1, 0.15) is 43.0 Å². The van der Waals surface area contributed by atoms with Gasteiger partial charge < -0.3 is 19.7 Å². The van der Waals surface area contributed by atoms with E-state index in [2.05, 4.69) is 22.2 Å². The van der Waals surface area contributed by atoms with Gasteiger partial charge in [0.2, 0.25) is 5.95 Å². The fourth-order valence-corrected chi connectivity index (χ4v) is 3.38. The maximum atomic E-state index is 12.8. The zero-order valence-electron chi connectivity index (χ0n) is 16.1. The number of ether oxygens (including phenoxy) is 2. The Hall–Kier alpha value is -2.83. The number of nitrogens with one attached hydrogen (secondary N) is 1. The van der Waals surface area contributed by atoms with E-state index < -0.39 is 0 Å². The zero-order chi connectivity index (χ0) is 19.2. The number of hydrogen-bond donors (Lipinski definition) is 1. The number of piperidine rings is 1. The molecule has 1 fully saturated rings. The highest BCUT2D eigenvalue weighted by Crippen LogP contribution is 2.30. The number of carbonyl (C=O) groups is 1. The molecule has 3 rings (SSSR count). The molecule has 144 valence electrons. The van der Waals surface area contributed by atoms with Gasteiger partial charge in [0.1, 0.15) is 11.5 Å². The molecule has 0 spiro atoms. The number of benzene rings is 1. The Balaban J connectivity index is 1.73. The second kappa shape index (κ2) is 8.70. The van der Waals surface area contributed by atoms with E-state index in [1.165, 1.54) is 6.42 Å². The first-order valence-electron chi connectivity index (χ1n) is 9.28. The van der Waals surface area contributed by atoms with Crippen LogP contribution in [0.2, 0.25) is 0 Å². The van der Waals surface area contributed by atoms with Gasteiger partial charge in [0.05, 0.1) is 25.5 Å². The van der Waals surface area contributed by atoms with Crippen molar-refractivity contribution in [2.75, 3.05) is 26.1 Å². The van der Waals surface area contributed by atoms with Crippen molar-refractivity contribution < 1.29 is 14.3 Å². The summed E-state index contributed by atoms with van der Waals surface area (Å²) < 4.78 is 10.6. The lowest BCUT2D eigenvalue weighted by Crippen LogP contribution is -2.43. The van der Waals surface area contributed by atoms with Crippen LogP contribution in [-0.4, -0.2) is 47.6 Å².